The Morgan fingerprint density at radius 2 is 2.17 bits per heavy atom. The molecular weight excluding hydrogens is 376 g/mol. The van der Waals surface area contributed by atoms with Gasteiger partial charge in [0.1, 0.15) is 17.3 Å². The van der Waals surface area contributed by atoms with Gasteiger partial charge < -0.3 is 20.1 Å². The number of aliphatic hydroxyl groups is 1. The lowest BCUT2D eigenvalue weighted by Gasteiger charge is -2.51. The second-order valence-electron chi connectivity index (χ2n) is 8.58. The van der Waals surface area contributed by atoms with Gasteiger partial charge in [-0.25, -0.2) is 4.98 Å². The van der Waals surface area contributed by atoms with Gasteiger partial charge in [-0.1, -0.05) is 0 Å². The van der Waals surface area contributed by atoms with Crippen molar-refractivity contribution in [2.24, 2.45) is 7.05 Å². The molecule has 2 aliphatic rings. The first-order chi connectivity index (χ1) is 13.7. The molecule has 4 rings (SSSR count). The fourth-order valence-electron chi connectivity index (χ4n) is 4.61. The summed E-state index contributed by atoms with van der Waals surface area (Å²) in [5, 5.41) is 17.9. The second kappa shape index (κ2) is 7.19. The van der Waals surface area contributed by atoms with Gasteiger partial charge in [-0.15, -0.1) is 0 Å². The van der Waals surface area contributed by atoms with E-state index in [-0.39, 0.29) is 23.7 Å². The maximum absolute atomic E-state index is 12.2. The van der Waals surface area contributed by atoms with Crippen LogP contribution in [0.5, 0.6) is 0 Å². The molecule has 2 fully saturated rings. The number of fused-ring (bicyclic) bond motifs is 1. The number of rotatable bonds is 3. The average Bonchev–Trinajstić information content (AvgIpc) is 3.02. The Morgan fingerprint density at radius 1 is 1.45 bits per heavy atom. The molecule has 2 saturated heterocycles. The van der Waals surface area contributed by atoms with Crippen molar-refractivity contribution < 1.29 is 14.6 Å². The van der Waals surface area contributed by atoms with Crippen molar-refractivity contribution in [1.29, 1.82) is 0 Å². The molecule has 0 radical (unpaired) electrons. The number of piperidine rings is 1. The van der Waals surface area contributed by atoms with Crippen LogP contribution in [-0.2, 0) is 23.1 Å². The second-order valence-corrected chi connectivity index (χ2v) is 8.58. The van der Waals surface area contributed by atoms with Crippen molar-refractivity contribution in [2.45, 2.75) is 56.9 Å². The Labute approximate surface area is 168 Å². The molecule has 10 heteroatoms. The van der Waals surface area contributed by atoms with Crippen LogP contribution in [0.25, 0.3) is 11.0 Å². The van der Waals surface area contributed by atoms with E-state index in [1.807, 2.05) is 6.92 Å². The highest BCUT2D eigenvalue weighted by molar-refractivity contribution is 5.74. The molecular formula is C19H28N6O4. The van der Waals surface area contributed by atoms with Gasteiger partial charge in [-0.2, -0.15) is 5.10 Å². The third kappa shape index (κ3) is 3.79. The number of carbonyl (C=O) groups excluding carboxylic acids is 1. The van der Waals surface area contributed by atoms with Crippen molar-refractivity contribution >= 4 is 16.9 Å². The first kappa shape index (κ1) is 20.0. The van der Waals surface area contributed by atoms with Crippen LogP contribution in [0, 0.1) is 0 Å². The molecule has 2 atom stereocenters. The van der Waals surface area contributed by atoms with Gasteiger partial charge in [0.2, 0.25) is 5.91 Å². The molecule has 10 nitrogen and oxygen atoms in total. The zero-order chi connectivity index (χ0) is 20.8. The highest BCUT2D eigenvalue weighted by Gasteiger charge is 2.49. The third-order valence-corrected chi connectivity index (χ3v) is 6.23. The number of nitrogens with one attached hydrogen (secondary N) is 2. The molecule has 0 unspecified atom stereocenters. The summed E-state index contributed by atoms with van der Waals surface area (Å²) in [6, 6.07) is 0. The largest absolute Gasteiger partial charge is 0.388 e. The highest BCUT2D eigenvalue weighted by Crippen LogP contribution is 2.39. The molecule has 0 saturated carbocycles. The molecule has 1 amide bonds. The van der Waals surface area contributed by atoms with Gasteiger partial charge in [0.05, 0.1) is 30.5 Å². The Morgan fingerprint density at radius 3 is 2.86 bits per heavy atom. The van der Waals surface area contributed by atoms with E-state index in [0.717, 1.165) is 25.9 Å². The lowest BCUT2D eigenvalue weighted by Crippen LogP contribution is -2.65. The molecule has 29 heavy (non-hydrogen) atoms. The van der Waals surface area contributed by atoms with Crippen molar-refractivity contribution in [2.75, 3.05) is 19.7 Å². The summed E-state index contributed by atoms with van der Waals surface area (Å²) in [6.07, 6.45) is 2.94. The fourth-order valence-corrected chi connectivity index (χ4v) is 4.61. The minimum absolute atomic E-state index is 0.151. The predicted molar refractivity (Wildman–Crippen MR) is 105 cm³/mol. The molecule has 2 aromatic heterocycles. The van der Waals surface area contributed by atoms with Gasteiger partial charge >= 0.3 is 0 Å². The van der Waals surface area contributed by atoms with Gasteiger partial charge in [0.25, 0.3) is 5.56 Å². The Bertz CT molecular complexity index is 977. The van der Waals surface area contributed by atoms with Crippen molar-refractivity contribution in [1.82, 2.24) is 30.0 Å². The van der Waals surface area contributed by atoms with Gasteiger partial charge in [-0.3, -0.25) is 19.2 Å². The molecule has 158 valence electrons. The van der Waals surface area contributed by atoms with Crippen molar-refractivity contribution in [3.63, 3.8) is 0 Å². The molecule has 4 heterocycles. The van der Waals surface area contributed by atoms with Crippen molar-refractivity contribution in [3.8, 4) is 0 Å². The average molecular weight is 404 g/mol. The number of aliphatic hydroxyl groups excluding tert-OH is 1. The van der Waals surface area contributed by atoms with Crippen LogP contribution in [0.2, 0.25) is 0 Å². The summed E-state index contributed by atoms with van der Waals surface area (Å²) in [7, 11) is 1.77. The Hall–Kier alpha value is -2.30. The molecule has 0 aromatic carbocycles. The van der Waals surface area contributed by atoms with Crippen LogP contribution >= 0.6 is 0 Å². The third-order valence-electron chi connectivity index (χ3n) is 6.23. The first-order valence-electron chi connectivity index (χ1n) is 9.94. The van der Waals surface area contributed by atoms with Crippen LogP contribution in [0.1, 0.15) is 38.9 Å². The van der Waals surface area contributed by atoms with Crippen molar-refractivity contribution in [3.05, 3.63) is 22.4 Å². The van der Waals surface area contributed by atoms with E-state index in [1.165, 1.54) is 13.1 Å². The topological polar surface area (TPSA) is 125 Å². The number of hydrogen-bond acceptors (Lipinski definition) is 7. The van der Waals surface area contributed by atoms with Crippen LogP contribution in [-0.4, -0.2) is 72.6 Å². The summed E-state index contributed by atoms with van der Waals surface area (Å²) < 4.78 is 7.66. The van der Waals surface area contributed by atoms with Crippen LogP contribution in [0.15, 0.2) is 11.0 Å². The zero-order valence-corrected chi connectivity index (χ0v) is 17.1. The number of ether oxygens (including phenoxy) is 1. The van der Waals surface area contributed by atoms with E-state index in [4.69, 9.17) is 4.74 Å². The standard InChI is InChI=1S/C19H28N6O4/c1-12(26)23-18(2)11-19(29-10-14(18)27)4-6-25(7-5-19)9-15-21-16-13(17(28)22-15)8-20-24(16)3/h8,14,27H,4-7,9-11H2,1-3H3,(H,23,26)(H,21,22,28)/t14-,18-/m0/s1. The zero-order valence-electron chi connectivity index (χ0n) is 17.1. The lowest BCUT2D eigenvalue weighted by atomic mass is 9.74. The van der Waals surface area contributed by atoms with E-state index in [2.05, 4.69) is 25.3 Å². The number of H-pyrrole nitrogens is 1. The molecule has 2 aliphatic heterocycles. The summed E-state index contributed by atoms with van der Waals surface area (Å²) in [4.78, 5) is 33.5. The van der Waals surface area contributed by atoms with E-state index < -0.39 is 11.6 Å². The molecule has 1 spiro atoms. The molecule has 3 N–H and O–H groups in total. The fraction of sp³-hybridized carbons (Fsp3) is 0.684. The summed E-state index contributed by atoms with van der Waals surface area (Å²) in [5.74, 6) is 0.465. The van der Waals surface area contributed by atoms with Gasteiger partial charge in [0, 0.05) is 33.5 Å². The maximum Gasteiger partial charge on any atom is 0.262 e. The molecule has 2 aromatic rings. The number of carbonyl (C=O) groups is 1. The maximum atomic E-state index is 12.2. The molecule has 0 bridgehead atoms. The number of nitrogens with zero attached hydrogens (tertiary/aromatic N) is 4. The quantitative estimate of drug-likeness (QED) is 0.639. The number of hydrogen-bond donors (Lipinski definition) is 3. The van der Waals surface area contributed by atoms with Crippen LogP contribution in [0.4, 0.5) is 0 Å². The van der Waals surface area contributed by atoms with E-state index in [0.29, 0.717) is 29.8 Å². The SMILES string of the molecule is CC(=O)N[C@@]1(C)CC2(CCN(Cc3nc4c(cnn4C)c(=O)[nH]3)CC2)OC[C@@H]1O. The minimum atomic E-state index is -0.727. The van der Waals surface area contributed by atoms with Gasteiger partial charge in [-0.05, 0) is 19.8 Å². The predicted octanol–water partition coefficient (Wildman–Crippen LogP) is -0.333. The summed E-state index contributed by atoms with van der Waals surface area (Å²) in [6.45, 7) is 5.66. The number of aromatic nitrogens is 4. The van der Waals surface area contributed by atoms with E-state index in [1.54, 1.807) is 11.7 Å². The normalized spacial score (nSPS) is 27.4. The number of amides is 1. The lowest BCUT2D eigenvalue weighted by molar-refractivity contribution is -0.181. The number of aromatic amines is 1. The Kier molecular flexibility index (Phi) is 4.96. The smallest absolute Gasteiger partial charge is 0.262 e. The van der Waals surface area contributed by atoms with Crippen LogP contribution in [0.3, 0.4) is 0 Å². The van der Waals surface area contributed by atoms with Crippen LogP contribution < -0.4 is 10.9 Å². The highest BCUT2D eigenvalue weighted by atomic mass is 16.5. The monoisotopic (exact) mass is 404 g/mol. The molecule has 0 aliphatic carbocycles. The number of aryl methyl sites for hydroxylation is 1. The minimum Gasteiger partial charge on any atom is -0.388 e. The number of likely N-dealkylation sites (tertiary alicyclic amines) is 1. The Balaban J connectivity index is 1.44. The summed E-state index contributed by atoms with van der Waals surface area (Å²) in [5.41, 5.74) is -0.654. The first-order valence-corrected chi connectivity index (χ1v) is 9.94. The van der Waals surface area contributed by atoms with E-state index in [9.17, 15) is 14.7 Å². The van der Waals surface area contributed by atoms with Gasteiger partial charge in [0.15, 0.2) is 5.65 Å². The van der Waals surface area contributed by atoms with E-state index >= 15 is 0 Å². The summed E-state index contributed by atoms with van der Waals surface area (Å²) >= 11 is 0.